The summed E-state index contributed by atoms with van der Waals surface area (Å²) in [5, 5.41) is 6.20. The summed E-state index contributed by atoms with van der Waals surface area (Å²) in [5.41, 5.74) is 2.15. The fraction of sp³-hybridized carbons (Fsp3) is 0.364. The van der Waals surface area contributed by atoms with Gasteiger partial charge in [0, 0.05) is 30.3 Å². The molecule has 30 heavy (non-hydrogen) atoms. The second kappa shape index (κ2) is 9.82. The minimum atomic E-state index is -0.194. The zero-order chi connectivity index (χ0) is 21.7. The van der Waals surface area contributed by atoms with Crippen molar-refractivity contribution >= 4 is 29.1 Å². The molecule has 0 bridgehead atoms. The maximum absolute atomic E-state index is 12.5. The van der Waals surface area contributed by atoms with E-state index in [0.29, 0.717) is 40.4 Å². The van der Waals surface area contributed by atoms with E-state index < -0.39 is 0 Å². The molecule has 0 saturated heterocycles. The van der Waals surface area contributed by atoms with Crippen LogP contribution in [0.1, 0.15) is 28.8 Å². The zero-order valence-corrected chi connectivity index (χ0v) is 18.1. The van der Waals surface area contributed by atoms with Gasteiger partial charge in [-0.15, -0.1) is 0 Å². The Balaban J connectivity index is 1.55. The molecular weight excluding hydrogens is 406 g/mol. The second-order valence-electron chi connectivity index (χ2n) is 7.35. The normalized spacial score (nSPS) is 13.1. The number of anilines is 1. The number of amides is 2. The highest BCUT2D eigenvalue weighted by atomic mass is 35.5. The van der Waals surface area contributed by atoms with Crippen LogP contribution in [-0.2, 0) is 11.3 Å². The highest BCUT2D eigenvalue weighted by Crippen LogP contribution is 2.35. The quantitative estimate of drug-likeness (QED) is 0.636. The minimum Gasteiger partial charge on any atom is -0.495 e. The summed E-state index contributed by atoms with van der Waals surface area (Å²) >= 11 is 6.10. The molecule has 0 atom stereocenters. The SMILES string of the molecule is COc1cc(NC(=O)CN(C)Cc2ccc(C(=O)NC3CC3)cc2)c(OC)cc1Cl. The van der Waals surface area contributed by atoms with Crippen molar-refractivity contribution in [3.05, 3.63) is 52.5 Å². The summed E-state index contributed by atoms with van der Waals surface area (Å²) in [4.78, 5) is 26.4. The number of carbonyl (C=O) groups is 2. The van der Waals surface area contributed by atoms with Crippen LogP contribution in [0.15, 0.2) is 36.4 Å². The summed E-state index contributed by atoms with van der Waals surface area (Å²) in [6, 6.07) is 11.0. The molecule has 2 aromatic carbocycles. The van der Waals surface area contributed by atoms with Crippen LogP contribution in [0.5, 0.6) is 11.5 Å². The van der Waals surface area contributed by atoms with Crippen LogP contribution < -0.4 is 20.1 Å². The molecule has 3 rings (SSSR count). The summed E-state index contributed by atoms with van der Waals surface area (Å²) in [7, 11) is 4.87. The average molecular weight is 432 g/mol. The van der Waals surface area contributed by atoms with Crippen LogP contribution >= 0.6 is 11.6 Å². The van der Waals surface area contributed by atoms with E-state index in [-0.39, 0.29) is 18.4 Å². The molecule has 0 radical (unpaired) electrons. The Morgan fingerprint density at radius 3 is 2.37 bits per heavy atom. The number of halogens is 1. The van der Waals surface area contributed by atoms with E-state index in [4.69, 9.17) is 21.1 Å². The van der Waals surface area contributed by atoms with E-state index in [1.165, 1.54) is 14.2 Å². The molecular formula is C22H26ClN3O4. The van der Waals surface area contributed by atoms with E-state index in [2.05, 4.69) is 10.6 Å². The van der Waals surface area contributed by atoms with E-state index in [0.717, 1.165) is 18.4 Å². The van der Waals surface area contributed by atoms with Crippen LogP contribution in [0.2, 0.25) is 5.02 Å². The van der Waals surface area contributed by atoms with E-state index in [9.17, 15) is 9.59 Å². The smallest absolute Gasteiger partial charge is 0.251 e. The monoisotopic (exact) mass is 431 g/mol. The number of hydrogen-bond acceptors (Lipinski definition) is 5. The predicted octanol–water partition coefficient (Wildman–Crippen LogP) is 3.32. The maximum atomic E-state index is 12.5. The molecule has 0 aliphatic heterocycles. The fourth-order valence-corrected chi connectivity index (χ4v) is 3.25. The van der Waals surface area contributed by atoms with Crippen molar-refractivity contribution in [2.24, 2.45) is 0 Å². The standard InChI is InChI=1S/C22H26ClN3O4/c1-26(12-14-4-6-15(7-5-14)22(28)24-16-8-9-16)13-21(27)25-18-11-19(29-2)17(23)10-20(18)30-3/h4-7,10-11,16H,8-9,12-13H2,1-3H3,(H,24,28)(H,25,27). The molecule has 2 aromatic rings. The number of methoxy groups -OCH3 is 2. The number of hydrogen-bond donors (Lipinski definition) is 2. The van der Waals surface area contributed by atoms with Gasteiger partial charge in [0.1, 0.15) is 11.5 Å². The molecule has 0 aromatic heterocycles. The first-order valence-corrected chi connectivity index (χ1v) is 10.1. The largest absolute Gasteiger partial charge is 0.495 e. The lowest BCUT2D eigenvalue weighted by molar-refractivity contribution is -0.117. The Morgan fingerprint density at radius 2 is 1.77 bits per heavy atom. The third kappa shape index (κ3) is 5.87. The first-order valence-electron chi connectivity index (χ1n) is 9.69. The molecule has 7 nitrogen and oxygen atoms in total. The van der Waals surface area contributed by atoms with Crippen LogP contribution in [0, 0.1) is 0 Å². The van der Waals surface area contributed by atoms with Crippen molar-refractivity contribution in [2.75, 3.05) is 33.1 Å². The highest BCUT2D eigenvalue weighted by molar-refractivity contribution is 6.32. The Morgan fingerprint density at radius 1 is 1.10 bits per heavy atom. The summed E-state index contributed by atoms with van der Waals surface area (Å²) in [6.07, 6.45) is 2.12. The van der Waals surface area contributed by atoms with Gasteiger partial charge in [-0.3, -0.25) is 14.5 Å². The van der Waals surface area contributed by atoms with Crippen molar-refractivity contribution in [1.29, 1.82) is 0 Å². The molecule has 160 valence electrons. The number of nitrogens with zero attached hydrogens (tertiary/aromatic N) is 1. The van der Waals surface area contributed by atoms with E-state index in [1.807, 2.05) is 36.2 Å². The number of rotatable bonds is 9. The molecule has 1 fully saturated rings. The van der Waals surface area contributed by atoms with Gasteiger partial charge in [0.2, 0.25) is 5.91 Å². The van der Waals surface area contributed by atoms with Gasteiger partial charge in [-0.05, 0) is 37.6 Å². The lowest BCUT2D eigenvalue weighted by atomic mass is 10.1. The predicted molar refractivity (Wildman–Crippen MR) is 116 cm³/mol. The molecule has 1 aliphatic rings. The summed E-state index contributed by atoms with van der Waals surface area (Å²) in [6.45, 7) is 0.747. The van der Waals surface area contributed by atoms with Gasteiger partial charge in [-0.1, -0.05) is 23.7 Å². The maximum Gasteiger partial charge on any atom is 0.251 e. The van der Waals surface area contributed by atoms with Crippen LogP contribution in [0.25, 0.3) is 0 Å². The third-order valence-corrected chi connectivity index (χ3v) is 5.04. The van der Waals surface area contributed by atoms with Gasteiger partial charge in [0.05, 0.1) is 31.5 Å². The van der Waals surface area contributed by atoms with Crippen molar-refractivity contribution in [1.82, 2.24) is 10.2 Å². The molecule has 0 spiro atoms. The molecule has 1 saturated carbocycles. The van der Waals surface area contributed by atoms with E-state index in [1.54, 1.807) is 12.1 Å². The van der Waals surface area contributed by atoms with Crippen molar-refractivity contribution in [3.8, 4) is 11.5 Å². The molecule has 1 aliphatic carbocycles. The lowest BCUT2D eigenvalue weighted by Crippen LogP contribution is -2.30. The Hall–Kier alpha value is -2.77. The van der Waals surface area contributed by atoms with Gasteiger partial charge < -0.3 is 20.1 Å². The molecule has 0 unspecified atom stereocenters. The van der Waals surface area contributed by atoms with E-state index >= 15 is 0 Å². The summed E-state index contributed by atoms with van der Waals surface area (Å²) < 4.78 is 10.5. The number of benzene rings is 2. The first kappa shape index (κ1) is 21.9. The van der Waals surface area contributed by atoms with Gasteiger partial charge in [-0.25, -0.2) is 0 Å². The Labute approximate surface area is 181 Å². The second-order valence-corrected chi connectivity index (χ2v) is 7.76. The Kier molecular flexibility index (Phi) is 7.18. The number of ether oxygens (including phenoxy) is 2. The van der Waals surface area contributed by atoms with Gasteiger partial charge in [0.25, 0.3) is 5.91 Å². The minimum absolute atomic E-state index is 0.0378. The topological polar surface area (TPSA) is 79.9 Å². The van der Waals surface area contributed by atoms with Crippen molar-refractivity contribution < 1.29 is 19.1 Å². The molecule has 2 N–H and O–H groups in total. The van der Waals surface area contributed by atoms with Crippen LogP contribution in [-0.4, -0.2) is 50.6 Å². The molecule has 8 heteroatoms. The van der Waals surface area contributed by atoms with Crippen molar-refractivity contribution in [2.45, 2.75) is 25.4 Å². The Bertz CT molecular complexity index is 913. The number of nitrogens with one attached hydrogen (secondary N) is 2. The first-order chi connectivity index (χ1) is 14.4. The van der Waals surface area contributed by atoms with Gasteiger partial charge >= 0.3 is 0 Å². The molecule has 0 heterocycles. The highest BCUT2D eigenvalue weighted by Gasteiger charge is 2.23. The van der Waals surface area contributed by atoms with Gasteiger partial charge in [-0.2, -0.15) is 0 Å². The van der Waals surface area contributed by atoms with Gasteiger partial charge in [0.15, 0.2) is 0 Å². The number of carbonyl (C=O) groups excluding carboxylic acids is 2. The third-order valence-electron chi connectivity index (χ3n) is 4.74. The fourth-order valence-electron chi connectivity index (χ4n) is 3.02. The van der Waals surface area contributed by atoms with Crippen LogP contribution in [0.4, 0.5) is 5.69 Å². The number of likely N-dealkylation sites (N-methyl/N-ethyl adjacent to an activating group) is 1. The van der Waals surface area contributed by atoms with Crippen molar-refractivity contribution in [3.63, 3.8) is 0 Å². The average Bonchev–Trinajstić information content (AvgIpc) is 3.53. The summed E-state index contributed by atoms with van der Waals surface area (Å²) in [5.74, 6) is 0.675. The molecule has 2 amide bonds. The van der Waals surface area contributed by atoms with Crippen LogP contribution in [0.3, 0.4) is 0 Å². The lowest BCUT2D eigenvalue weighted by Gasteiger charge is -2.18. The zero-order valence-electron chi connectivity index (χ0n) is 17.3.